The first-order chi connectivity index (χ1) is 11.7. The van der Waals surface area contributed by atoms with Crippen LogP contribution in [-0.4, -0.2) is 48.6 Å². The molecule has 2 aliphatic rings. The van der Waals surface area contributed by atoms with Crippen molar-refractivity contribution in [3.8, 4) is 11.5 Å². The summed E-state index contributed by atoms with van der Waals surface area (Å²) in [5, 5.41) is 0.710. The van der Waals surface area contributed by atoms with Gasteiger partial charge in [-0.2, -0.15) is 11.8 Å². The number of methoxy groups -OCH3 is 2. The summed E-state index contributed by atoms with van der Waals surface area (Å²) in [6, 6.07) is 6.51. The molecular weight excluding hydrogens is 322 g/mol. The normalized spacial score (nSPS) is 26.0. The van der Waals surface area contributed by atoms with Crippen molar-refractivity contribution in [2.75, 3.05) is 20.5 Å². The number of carbonyl (C=O) groups is 1. The maximum atomic E-state index is 12.7. The minimum Gasteiger partial charge on any atom is -0.493 e. The second-order valence-electron chi connectivity index (χ2n) is 6.41. The van der Waals surface area contributed by atoms with E-state index in [1.54, 1.807) is 20.3 Å². The average Bonchev–Trinajstić information content (AvgIpc) is 2.89. The van der Waals surface area contributed by atoms with Crippen molar-refractivity contribution in [3.63, 3.8) is 0 Å². The maximum absolute atomic E-state index is 12.7. The van der Waals surface area contributed by atoms with E-state index < -0.39 is 0 Å². The molecule has 2 aliphatic heterocycles. The number of ether oxygens (including phenoxy) is 2. The Kier molecular flexibility index (Phi) is 5.39. The van der Waals surface area contributed by atoms with E-state index in [9.17, 15) is 4.79 Å². The van der Waals surface area contributed by atoms with Gasteiger partial charge in [-0.05, 0) is 55.7 Å². The lowest BCUT2D eigenvalue weighted by molar-refractivity contribution is -0.129. The van der Waals surface area contributed by atoms with E-state index in [0.717, 1.165) is 31.2 Å². The van der Waals surface area contributed by atoms with Crippen LogP contribution in [0.25, 0.3) is 6.08 Å². The molecule has 0 aromatic heterocycles. The topological polar surface area (TPSA) is 38.8 Å². The van der Waals surface area contributed by atoms with E-state index in [0.29, 0.717) is 28.8 Å². The number of benzene rings is 1. The second kappa shape index (κ2) is 7.51. The van der Waals surface area contributed by atoms with Gasteiger partial charge in [0.25, 0.3) is 0 Å². The molecule has 2 fully saturated rings. The van der Waals surface area contributed by atoms with E-state index in [-0.39, 0.29) is 5.91 Å². The van der Waals surface area contributed by atoms with Gasteiger partial charge in [-0.15, -0.1) is 0 Å². The minimum atomic E-state index is 0.136. The number of thioether (sulfide) groups is 1. The molecule has 5 heteroatoms. The lowest BCUT2D eigenvalue weighted by Gasteiger charge is -2.37. The highest BCUT2D eigenvalue weighted by Crippen LogP contribution is 2.39. The monoisotopic (exact) mass is 347 g/mol. The van der Waals surface area contributed by atoms with Crippen LogP contribution >= 0.6 is 11.8 Å². The van der Waals surface area contributed by atoms with Crippen molar-refractivity contribution in [3.05, 3.63) is 29.8 Å². The number of piperidine rings is 1. The first kappa shape index (κ1) is 17.2. The quantitative estimate of drug-likeness (QED) is 0.763. The van der Waals surface area contributed by atoms with Crippen LogP contribution < -0.4 is 9.47 Å². The maximum Gasteiger partial charge on any atom is 0.247 e. The summed E-state index contributed by atoms with van der Waals surface area (Å²) in [5.41, 5.74) is 0.937. The van der Waals surface area contributed by atoms with E-state index >= 15 is 0 Å². The second-order valence-corrected chi connectivity index (χ2v) is 7.55. The van der Waals surface area contributed by atoms with Crippen molar-refractivity contribution in [1.29, 1.82) is 0 Å². The van der Waals surface area contributed by atoms with Gasteiger partial charge in [0.1, 0.15) is 0 Å². The predicted molar refractivity (Wildman–Crippen MR) is 98.8 cm³/mol. The fourth-order valence-electron chi connectivity index (χ4n) is 3.89. The molecule has 2 unspecified atom stereocenters. The summed E-state index contributed by atoms with van der Waals surface area (Å²) in [6.45, 7) is 0. The molecule has 1 aromatic carbocycles. The summed E-state index contributed by atoms with van der Waals surface area (Å²) in [5.74, 6) is 1.50. The Bertz CT molecular complexity index is 617. The molecule has 1 amide bonds. The third-order valence-corrected chi connectivity index (χ3v) is 6.16. The zero-order valence-electron chi connectivity index (χ0n) is 14.5. The predicted octanol–water partition coefficient (Wildman–Crippen LogP) is 3.60. The Hall–Kier alpha value is -1.62. The molecule has 0 N–H and O–H groups in total. The molecule has 2 heterocycles. The van der Waals surface area contributed by atoms with Crippen molar-refractivity contribution in [1.82, 2.24) is 4.90 Å². The minimum absolute atomic E-state index is 0.136. The summed E-state index contributed by atoms with van der Waals surface area (Å²) < 4.78 is 10.6. The summed E-state index contributed by atoms with van der Waals surface area (Å²) in [6.07, 6.45) is 10.3. The van der Waals surface area contributed by atoms with Gasteiger partial charge in [0.15, 0.2) is 11.5 Å². The highest BCUT2D eigenvalue weighted by Gasteiger charge is 2.42. The number of hydrogen-bond donors (Lipinski definition) is 0. The van der Waals surface area contributed by atoms with E-state index in [1.165, 1.54) is 0 Å². The average molecular weight is 347 g/mol. The van der Waals surface area contributed by atoms with Crippen LogP contribution in [-0.2, 0) is 4.79 Å². The highest BCUT2D eigenvalue weighted by molar-refractivity contribution is 7.99. The fraction of sp³-hybridized carbons (Fsp3) is 0.526. The fourth-order valence-corrected chi connectivity index (χ4v) is 4.72. The summed E-state index contributed by atoms with van der Waals surface area (Å²) >= 11 is 1.94. The third-order valence-electron chi connectivity index (χ3n) is 5.10. The smallest absolute Gasteiger partial charge is 0.247 e. The van der Waals surface area contributed by atoms with Crippen molar-refractivity contribution < 1.29 is 14.3 Å². The molecule has 0 radical (unpaired) electrons. The molecule has 3 rings (SSSR count). The lowest BCUT2D eigenvalue weighted by atomic mass is 10.0. The molecule has 0 aliphatic carbocycles. The summed E-state index contributed by atoms with van der Waals surface area (Å²) in [7, 11) is 3.23. The van der Waals surface area contributed by atoms with Crippen LogP contribution in [0.3, 0.4) is 0 Å². The van der Waals surface area contributed by atoms with E-state index in [1.807, 2.05) is 36.0 Å². The number of fused-ring (bicyclic) bond motifs is 2. The standard InChI is InChI=1S/C19H25NO3S/c1-22-17-8-4-13(10-18(17)23-2)5-9-19(21)20-14-6-7-15(20)12-16(11-14)24-3/h4-5,8-10,14-16H,6-7,11-12H2,1-3H3/b9-5+. The zero-order chi connectivity index (χ0) is 17.1. The van der Waals surface area contributed by atoms with Crippen LogP contribution in [0, 0.1) is 0 Å². The van der Waals surface area contributed by atoms with E-state index in [4.69, 9.17) is 9.47 Å². The molecule has 2 bridgehead atoms. The Morgan fingerprint density at radius 2 is 1.83 bits per heavy atom. The molecule has 0 saturated carbocycles. The molecule has 1 aromatic rings. The van der Waals surface area contributed by atoms with Gasteiger partial charge in [0.2, 0.25) is 5.91 Å². The Morgan fingerprint density at radius 3 is 2.42 bits per heavy atom. The van der Waals surface area contributed by atoms with Gasteiger partial charge in [-0.25, -0.2) is 0 Å². The van der Waals surface area contributed by atoms with Crippen molar-refractivity contribution in [2.45, 2.75) is 43.0 Å². The SMILES string of the molecule is COc1ccc(/C=C/C(=O)N2C3CCC2CC(SC)C3)cc1OC. The Morgan fingerprint density at radius 1 is 1.17 bits per heavy atom. The van der Waals surface area contributed by atoms with Gasteiger partial charge < -0.3 is 14.4 Å². The molecule has 24 heavy (non-hydrogen) atoms. The van der Waals surface area contributed by atoms with Gasteiger partial charge in [0, 0.05) is 23.4 Å². The van der Waals surface area contributed by atoms with Crippen LogP contribution in [0.5, 0.6) is 11.5 Å². The molecular formula is C19H25NO3S. The van der Waals surface area contributed by atoms with Gasteiger partial charge in [-0.1, -0.05) is 6.07 Å². The number of nitrogens with zero attached hydrogens (tertiary/aromatic N) is 1. The van der Waals surface area contributed by atoms with Crippen LogP contribution in [0.15, 0.2) is 24.3 Å². The summed E-state index contributed by atoms with van der Waals surface area (Å²) in [4.78, 5) is 14.8. The molecule has 2 atom stereocenters. The molecule has 0 spiro atoms. The Labute approximate surface area is 148 Å². The largest absolute Gasteiger partial charge is 0.493 e. The molecule has 4 nitrogen and oxygen atoms in total. The van der Waals surface area contributed by atoms with Gasteiger partial charge in [-0.3, -0.25) is 4.79 Å². The molecule has 2 saturated heterocycles. The number of amides is 1. The van der Waals surface area contributed by atoms with Crippen LogP contribution in [0.1, 0.15) is 31.2 Å². The number of carbonyl (C=O) groups excluding carboxylic acids is 1. The highest BCUT2D eigenvalue weighted by atomic mass is 32.2. The lowest BCUT2D eigenvalue weighted by Crippen LogP contribution is -2.46. The zero-order valence-corrected chi connectivity index (χ0v) is 15.3. The Balaban J connectivity index is 1.70. The first-order valence-corrected chi connectivity index (χ1v) is 9.70. The van der Waals surface area contributed by atoms with Crippen LogP contribution in [0.2, 0.25) is 0 Å². The number of hydrogen-bond acceptors (Lipinski definition) is 4. The molecule has 130 valence electrons. The van der Waals surface area contributed by atoms with E-state index in [2.05, 4.69) is 11.2 Å². The van der Waals surface area contributed by atoms with Gasteiger partial charge >= 0.3 is 0 Å². The first-order valence-electron chi connectivity index (χ1n) is 8.41. The van der Waals surface area contributed by atoms with Crippen LogP contribution in [0.4, 0.5) is 0 Å². The van der Waals surface area contributed by atoms with Gasteiger partial charge in [0.05, 0.1) is 14.2 Å². The third kappa shape index (κ3) is 3.41. The van der Waals surface area contributed by atoms with Crippen molar-refractivity contribution >= 4 is 23.7 Å². The van der Waals surface area contributed by atoms with Crippen molar-refractivity contribution in [2.24, 2.45) is 0 Å². The number of rotatable bonds is 5.